The van der Waals surface area contributed by atoms with E-state index in [2.05, 4.69) is 46.2 Å². The van der Waals surface area contributed by atoms with Crippen LogP contribution in [-0.2, 0) is 0 Å². The van der Waals surface area contributed by atoms with Gasteiger partial charge in [-0.3, -0.25) is 4.79 Å². The first-order valence-electron chi connectivity index (χ1n) is 9.04. The Labute approximate surface area is 160 Å². The highest BCUT2D eigenvalue weighted by Gasteiger charge is 2.15. The smallest absolute Gasteiger partial charge is 0.274 e. The van der Waals surface area contributed by atoms with E-state index in [9.17, 15) is 4.79 Å². The molecule has 0 saturated heterocycles. The summed E-state index contributed by atoms with van der Waals surface area (Å²) in [5, 5.41) is 2.90. The first-order valence-corrected chi connectivity index (χ1v) is 9.04. The van der Waals surface area contributed by atoms with Gasteiger partial charge in [-0.15, -0.1) is 0 Å². The highest BCUT2D eigenvalue weighted by molar-refractivity contribution is 6.03. The summed E-state index contributed by atoms with van der Waals surface area (Å²) >= 11 is 0. The van der Waals surface area contributed by atoms with E-state index < -0.39 is 0 Å². The third kappa shape index (κ3) is 4.50. The summed E-state index contributed by atoms with van der Waals surface area (Å²) in [4.78, 5) is 23.6. The van der Waals surface area contributed by atoms with Crippen molar-refractivity contribution in [2.24, 2.45) is 0 Å². The fourth-order valence-electron chi connectivity index (χ4n) is 2.91. The molecule has 0 aliphatic rings. The molecule has 3 rings (SSSR count). The zero-order valence-corrected chi connectivity index (χ0v) is 16.2. The maximum atomic E-state index is 12.7. The lowest BCUT2D eigenvalue weighted by Crippen LogP contribution is -2.21. The first kappa shape index (κ1) is 18.6. The number of amides is 1. The van der Waals surface area contributed by atoms with Crippen molar-refractivity contribution in [1.82, 2.24) is 9.97 Å². The van der Waals surface area contributed by atoms with Crippen molar-refractivity contribution in [2.75, 3.05) is 16.8 Å². The first-order chi connectivity index (χ1) is 13.0. The topological polar surface area (TPSA) is 58.1 Å². The Morgan fingerprint density at radius 2 is 1.70 bits per heavy atom. The van der Waals surface area contributed by atoms with Gasteiger partial charge in [-0.05, 0) is 57.5 Å². The molecule has 0 bridgehead atoms. The van der Waals surface area contributed by atoms with E-state index in [-0.39, 0.29) is 5.91 Å². The third-order valence-electron chi connectivity index (χ3n) is 4.27. The number of anilines is 3. The molecule has 5 heteroatoms. The van der Waals surface area contributed by atoms with Crippen LogP contribution in [0.1, 0.15) is 34.4 Å². The molecular formula is C22H24N4O. The Balaban J connectivity index is 1.90. The van der Waals surface area contributed by atoms with Crippen LogP contribution in [0.4, 0.5) is 17.2 Å². The number of nitrogens with zero attached hydrogens (tertiary/aromatic N) is 3. The molecule has 0 spiro atoms. The zero-order valence-electron chi connectivity index (χ0n) is 16.2. The van der Waals surface area contributed by atoms with Gasteiger partial charge < -0.3 is 10.2 Å². The number of carbonyl (C=O) groups excluding carboxylic acids is 1. The second-order valence-corrected chi connectivity index (χ2v) is 6.56. The minimum atomic E-state index is -0.245. The van der Waals surface area contributed by atoms with Gasteiger partial charge in [-0.25, -0.2) is 9.97 Å². The van der Waals surface area contributed by atoms with E-state index in [0.717, 1.165) is 23.5 Å². The van der Waals surface area contributed by atoms with Crippen LogP contribution in [-0.4, -0.2) is 22.4 Å². The van der Waals surface area contributed by atoms with Gasteiger partial charge in [0.15, 0.2) is 0 Å². The Hall–Kier alpha value is -3.21. The van der Waals surface area contributed by atoms with Crippen LogP contribution < -0.4 is 10.2 Å². The predicted octanol–water partition coefficient (Wildman–Crippen LogP) is 4.81. The molecule has 0 fully saturated rings. The molecule has 0 aliphatic heterocycles. The van der Waals surface area contributed by atoms with Crippen molar-refractivity contribution in [3.05, 3.63) is 77.2 Å². The summed E-state index contributed by atoms with van der Waals surface area (Å²) in [6.45, 7) is 8.67. The van der Waals surface area contributed by atoms with Crippen molar-refractivity contribution in [3.63, 3.8) is 0 Å². The van der Waals surface area contributed by atoms with Crippen molar-refractivity contribution in [2.45, 2.75) is 27.7 Å². The zero-order chi connectivity index (χ0) is 19.4. The number of hydrogen-bond acceptors (Lipinski definition) is 4. The van der Waals surface area contributed by atoms with Crippen LogP contribution in [0.25, 0.3) is 0 Å². The van der Waals surface area contributed by atoms with E-state index in [1.54, 1.807) is 13.0 Å². The van der Waals surface area contributed by atoms with Crippen molar-refractivity contribution in [3.8, 4) is 0 Å². The molecule has 1 amide bonds. The molecule has 0 unspecified atom stereocenters. The van der Waals surface area contributed by atoms with Crippen molar-refractivity contribution in [1.29, 1.82) is 0 Å². The molecule has 3 aromatic rings. The molecule has 138 valence electrons. The highest BCUT2D eigenvalue weighted by atomic mass is 16.1. The molecule has 1 N–H and O–H groups in total. The lowest BCUT2D eigenvalue weighted by Gasteiger charge is -2.23. The summed E-state index contributed by atoms with van der Waals surface area (Å²) in [5.74, 6) is 1.03. The van der Waals surface area contributed by atoms with Gasteiger partial charge in [-0.1, -0.05) is 29.8 Å². The Morgan fingerprint density at radius 3 is 2.37 bits per heavy atom. The average Bonchev–Trinajstić information content (AvgIpc) is 2.64. The SMILES string of the molecule is CCN(c1cccc(C)c1)c1cc(C(=O)Nc2ccc(C)cc2)nc(C)n1. The van der Waals surface area contributed by atoms with Gasteiger partial charge in [0.2, 0.25) is 0 Å². The molecule has 1 heterocycles. The third-order valence-corrected chi connectivity index (χ3v) is 4.27. The maximum Gasteiger partial charge on any atom is 0.274 e. The van der Waals surface area contributed by atoms with E-state index in [4.69, 9.17) is 0 Å². The second-order valence-electron chi connectivity index (χ2n) is 6.56. The molecule has 0 aliphatic carbocycles. The summed E-state index contributed by atoms with van der Waals surface area (Å²) in [5.41, 5.74) is 4.46. The lowest BCUT2D eigenvalue weighted by atomic mass is 10.2. The standard InChI is InChI=1S/C22H24N4O/c1-5-26(19-8-6-7-16(3)13-19)21-14-20(23-17(4)24-21)22(27)25-18-11-9-15(2)10-12-18/h6-14H,5H2,1-4H3,(H,25,27). The molecule has 5 nitrogen and oxygen atoms in total. The Kier molecular flexibility index (Phi) is 5.50. The van der Waals surface area contributed by atoms with E-state index in [0.29, 0.717) is 17.3 Å². The molecule has 0 atom stereocenters. The van der Waals surface area contributed by atoms with E-state index >= 15 is 0 Å². The quantitative estimate of drug-likeness (QED) is 0.709. The largest absolute Gasteiger partial charge is 0.327 e. The summed E-state index contributed by atoms with van der Waals surface area (Å²) < 4.78 is 0. The maximum absolute atomic E-state index is 12.7. The van der Waals surface area contributed by atoms with Gasteiger partial charge in [0.05, 0.1) is 0 Å². The van der Waals surface area contributed by atoms with Gasteiger partial charge in [-0.2, -0.15) is 0 Å². The molecule has 0 radical (unpaired) electrons. The van der Waals surface area contributed by atoms with Crippen molar-refractivity contribution >= 4 is 23.1 Å². The van der Waals surface area contributed by atoms with E-state index in [1.807, 2.05) is 43.3 Å². The normalized spacial score (nSPS) is 10.5. The van der Waals surface area contributed by atoms with Gasteiger partial charge >= 0.3 is 0 Å². The Morgan fingerprint density at radius 1 is 0.963 bits per heavy atom. The predicted molar refractivity (Wildman–Crippen MR) is 110 cm³/mol. The van der Waals surface area contributed by atoms with Crippen LogP contribution in [0.3, 0.4) is 0 Å². The fourth-order valence-corrected chi connectivity index (χ4v) is 2.91. The number of hydrogen-bond donors (Lipinski definition) is 1. The monoisotopic (exact) mass is 360 g/mol. The van der Waals surface area contributed by atoms with Gasteiger partial charge in [0.25, 0.3) is 5.91 Å². The van der Waals surface area contributed by atoms with Crippen LogP contribution in [0, 0.1) is 20.8 Å². The number of carbonyl (C=O) groups is 1. The van der Waals surface area contributed by atoms with Crippen LogP contribution in [0.5, 0.6) is 0 Å². The second kappa shape index (κ2) is 7.99. The lowest BCUT2D eigenvalue weighted by molar-refractivity contribution is 0.102. The molecule has 0 saturated carbocycles. The molecular weight excluding hydrogens is 336 g/mol. The average molecular weight is 360 g/mol. The highest BCUT2D eigenvalue weighted by Crippen LogP contribution is 2.25. The van der Waals surface area contributed by atoms with Crippen molar-refractivity contribution < 1.29 is 4.79 Å². The van der Waals surface area contributed by atoms with Gasteiger partial charge in [0.1, 0.15) is 17.3 Å². The number of benzene rings is 2. The summed E-state index contributed by atoms with van der Waals surface area (Å²) in [6.07, 6.45) is 0. The van der Waals surface area contributed by atoms with E-state index in [1.165, 1.54) is 5.56 Å². The molecule has 1 aromatic heterocycles. The minimum absolute atomic E-state index is 0.245. The number of rotatable bonds is 5. The summed E-state index contributed by atoms with van der Waals surface area (Å²) in [7, 11) is 0. The van der Waals surface area contributed by atoms with Crippen LogP contribution in [0.2, 0.25) is 0 Å². The number of nitrogens with one attached hydrogen (secondary N) is 1. The molecule has 27 heavy (non-hydrogen) atoms. The molecule has 2 aromatic carbocycles. The Bertz CT molecular complexity index is 951. The van der Waals surface area contributed by atoms with Crippen LogP contribution in [0.15, 0.2) is 54.6 Å². The van der Waals surface area contributed by atoms with Crippen LogP contribution >= 0.6 is 0 Å². The minimum Gasteiger partial charge on any atom is -0.327 e. The van der Waals surface area contributed by atoms with Gasteiger partial charge in [0, 0.05) is 24.0 Å². The fraction of sp³-hybridized carbons (Fsp3) is 0.227. The summed E-state index contributed by atoms with van der Waals surface area (Å²) in [6, 6.07) is 17.6. The number of aromatic nitrogens is 2. The number of aryl methyl sites for hydroxylation is 3.